The third-order valence-electron chi connectivity index (χ3n) is 10.0. The van der Waals surface area contributed by atoms with Gasteiger partial charge in [-0.05, 0) is 54.2 Å². The normalized spacial score (nSPS) is 17.5. The van der Waals surface area contributed by atoms with Crippen molar-refractivity contribution in [2.75, 3.05) is 11.0 Å². The number of rotatable bonds is 11. The number of pyridine rings is 1. The molecule has 6 aromatic rings. The van der Waals surface area contributed by atoms with E-state index in [2.05, 4.69) is 20.2 Å². The Labute approximate surface area is 320 Å². The Hall–Kier alpha value is -5.42. The first-order valence-corrected chi connectivity index (χ1v) is 19.5. The van der Waals surface area contributed by atoms with Gasteiger partial charge in [0.15, 0.2) is 5.82 Å². The van der Waals surface area contributed by atoms with Crippen molar-refractivity contribution >= 4 is 44.3 Å². The van der Waals surface area contributed by atoms with Crippen LogP contribution in [0.4, 0.5) is 32.2 Å². The number of amides is 1. The second kappa shape index (κ2) is 13.7. The zero-order valence-corrected chi connectivity index (χ0v) is 30.9. The Morgan fingerprint density at radius 1 is 0.982 bits per heavy atom. The minimum absolute atomic E-state index is 0.0394. The van der Waals surface area contributed by atoms with Crippen LogP contribution in [0.15, 0.2) is 72.9 Å². The summed E-state index contributed by atoms with van der Waals surface area (Å²) < 4.78 is 117. The first-order valence-electron chi connectivity index (χ1n) is 17.2. The molecule has 2 N–H and O–H groups in total. The second-order valence-corrected chi connectivity index (χ2v) is 16.1. The molecular weight excluding hydrogens is 784 g/mol. The summed E-state index contributed by atoms with van der Waals surface area (Å²) in [6.45, 7) is -0.872. The SMILES string of the molecule is Cn1nc(NS(C)(=O)=O)c2c(Cl)ccc(-c3cc(-c4ccccc4)cnc3[C@H](Cc3cc(F)cc(F)c3)NC(=O)Cn3nc(C(F)F)c4c3C(F)(F)[C@@H]3C[C@H]43)c21. The maximum atomic E-state index is 15.4. The lowest BCUT2D eigenvalue weighted by Gasteiger charge is -2.23. The van der Waals surface area contributed by atoms with Gasteiger partial charge in [-0.2, -0.15) is 19.0 Å². The van der Waals surface area contributed by atoms with Gasteiger partial charge in [-0.15, -0.1) is 0 Å². The number of anilines is 1. The van der Waals surface area contributed by atoms with Crippen molar-refractivity contribution in [2.24, 2.45) is 13.0 Å². The fourth-order valence-electron chi connectivity index (χ4n) is 7.73. The van der Waals surface area contributed by atoms with E-state index in [9.17, 15) is 30.8 Å². The van der Waals surface area contributed by atoms with Gasteiger partial charge in [0, 0.05) is 47.5 Å². The molecular formula is C38H30ClF6N7O3S. The molecule has 1 fully saturated rings. The smallest absolute Gasteiger partial charge is 0.293 e. The van der Waals surface area contributed by atoms with Gasteiger partial charge in [-0.25, -0.2) is 26.0 Å². The molecule has 2 aliphatic carbocycles. The number of aromatic nitrogens is 5. The molecule has 8 rings (SSSR count). The van der Waals surface area contributed by atoms with Crippen LogP contribution in [0.3, 0.4) is 0 Å². The van der Waals surface area contributed by atoms with E-state index in [4.69, 9.17) is 16.6 Å². The molecule has 0 bridgehead atoms. The van der Waals surface area contributed by atoms with E-state index in [1.807, 2.05) is 30.3 Å². The summed E-state index contributed by atoms with van der Waals surface area (Å²) in [5.74, 6) is -8.18. The van der Waals surface area contributed by atoms with Gasteiger partial charge in [0.05, 0.1) is 33.9 Å². The third-order valence-corrected chi connectivity index (χ3v) is 10.9. The molecule has 0 spiro atoms. The number of sulfonamides is 1. The number of nitrogens with zero attached hydrogens (tertiary/aromatic N) is 5. The van der Waals surface area contributed by atoms with E-state index >= 15 is 8.78 Å². The second-order valence-electron chi connectivity index (χ2n) is 14.0. The van der Waals surface area contributed by atoms with E-state index < -0.39 is 75.7 Å². The van der Waals surface area contributed by atoms with E-state index in [0.29, 0.717) is 33.0 Å². The summed E-state index contributed by atoms with van der Waals surface area (Å²) >= 11 is 6.63. The number of alkyl halides is 4. The Morgan fingerprint density at radius 3 is 2.38 bits per heavy atom. The maximum absolute atomic E-state index is 15.4. The van der Waals surface area contributed by atoms with Crippen LogP contribution < -0.4 is 10.0 Å². The van der Waals surface area contributed by atoms with Crippen LogP contribution in [0.5, 0.6) is 0 Å². The van der Waals surface area contributed by atoms with Crippen LogP contribution in [-0.4, -0.2) is 45.1 Å². The first-order chi connectivity index (χ1) is 26.5. The van der Waals surface area contributed by atoms with Gasteiger partial charge in [0.2, 0.25) is 15.9 Å². The van der Waals surface area contributed by atoms with Crippen molar-refractivity contribution in [2.45, 2.75) is 43.7 Å². The van der Waals surface area contributed by atoms with E-state index in [0.717, 1.165) is 24.0 Å². The van der Waals surface area contributed by atoms with E-state index in [1.165, 1.54) is 16.9 Å². The maximum Gasteiger partial charge on any atom is 0.293 e. The Morgan fingerprint density at radius 2 is 1.70 bits per heavy atom. The van der Waals surface area contributed by atoms with Crippen molar-refractivity contribution in [3.63, 3.8) is 0 Å². The van der Waals surface area contributed by atoms with Gasteiger partial charge in [-0.3, -0.25) is 23.9 Å². The number of benzene rings is 3. The van der Waals surface area contributed by atoms with Crippen LogP contribution in [0.2, 0.25) is 5.02 Å². The van der Waals surface area contributed by atoms with Gasteiger partial charge in [0.1, 0.15) is 29.6 Å². The average molecular weight is 814 g/mol. The number of carbonyl (C=O) groups is 1. The molecule has 290 valence electrons. The lowest BCUT2D eigenvalue weighted by molar-refractivity contribution is -0.123. The largest absolute Gasteiger partial charge is 0.346 e. The van der Waals surface area contributed by atoms with Crippen LogP contribution in [0, 0.1) is 17.6 Å². The molecule has 0 unspecified atom stereocenters. The highest BCUT2D eigenvalue weighted by atomic mass is 35.5. The highest BCUT2D eigenvalue weighted by Crippen LogP contribution is 2.68. The van der Waals surface area contributed by atoms with Crippen LogP contribution in [0.25, 0.3) is 33.2 Å². The predicted molar refractivity (Wildman–Crippen MR) is 196 cm³/mol. The minimum Gasteiger partial charge on any atom is -0.346 e. The minimum atomic E-state index is -3.81. The summed E-state index contributed by atoms with van der Waals surface area (Å²) in [6, 6.07) is 15.6. The number of hydrogen-bond donors (Lipinski definition) is 2. The first kappa shape index (κ1) is 37.5. The summed E-state index contributed by atoms with van der Waals surface area (Å²) in [5, 5.41) is 11.3. The Kier molecular flexibility index (Phi) is 9.14. The van der Waals surface area contributed by atoms with Gasteiger partial charge in [-0.1, -0.05) is 48.0 Å². The molecule has 10 nitrogen and oxygen atoms in total. The molecule has 1 amide bonds. The van der Waals surface area contributed by atoms with E-state index in [-0.39, 0.29) is 45.9 Å². The van der Waals surface area contributed by atoms with Crippen molar-refractivity contribution in [1.82, 2.24) is 29.9 Å². The van der Waals surface area contributed by atoms with Gasteiger partial charge < -0.3 is 5.32 Å². The van der Waals surface area contributed by atoms with Crippen molar-refractivity contribution < 1.29 is 39.6 Å². The lowest BCUT2D eigenvalue weighted by atomic mass is 9.92. The molecule has 18 heteroatoms. The Bertz CT molecular complexity index is 2650. The number of nitrogens with one attached hydrogen (secondary N) is 2. The number of carbonyl (C=O) groups excluding carboxylic acids is 1. The van der Waals surface area contributed by atoms with Gasteiger partial charge in [0.25, 0.3) is 12.3 Å². The Balaban J connectivity index is 1.28. The standard InChI is InChI=1S/C38H30ClF6N7O3S/c1-51-34-23(8-9-27(39)31(34)37(49-51)50-56(2,54)55)24-13-20(19-6-4-3-5-7-19)16-46-32(24)28(12-18-10-21(40)14-22(41)11-18)47-29(53)17-52-35-30(33(48-52)36(42)43)25-15-26(25)38(35,44)45/h3-11,13-14,16,25-26,28,36H,12,15,17H2,1-2H3,(H,47,53)(H,49,50)/t25-,26+,28-/m0/s1. The number of fused-ring (bicyclic) bond motifs is 4. The molecule has 1 saturated carbocycles. The summed E-state index contributed by atoms with van der Waals surface area (Å²) in [5.41, 5.74) is 0.974. The highest BCUT2D eigenvalue weighted by Gasteiger charge is 2.67. The highest BCUT2D eigenvalue weighted by molar-refractivity contribution is 7.92. The molecule has 3 atom stereocenters. The average Bonchev–Trinajstić information content (AvgIpc) is 3.66. The lowest BCUT2D eigenvalue weighted by Crippen LogP contribution is -2.35. The quantitative estimate of drug-likeness (QED) is 0.128. The number of hydrogen-bond acceptors (Lipinski definition) is 6. The summed E-state index contributed by atoms with van der Waals surface area (Å²) in [6.07, 6.45) is -0.903. The predicted octanol–water partition coefficient (Wildman–Crippen LogP) is 8.05. The van der Waals surface area contributed by atoms with Crippen molar-refractivity contribution in [3.8, 4) is 22.3 Å². The molecule has 0 aliphatic heterocycles. The van der Waals surface area contributed by atoms with Crippen molar-refractivity contribution in [1.29, 1.82) is 0 Å². The fourth-order valence-corrected chi connectivity index (χ4v) is 8.47. The monoisotopic (exact) mass is 813 g/mol. The molecule has 0 radical (unpaired) electrons. The third kappa shape index (κ3) is 6.76. The van der Waals surface area contributed by atoms with Crippen molar-refractivity contribution in [3.05, 3.63) is 118 Å². The van der Waals surface area contributed by atoms with E-state index in [1.54, 1.807) is 19.2 Å². The van der Waals surface area contributed by atoms with Crippen LogP contribution in [-0.2, 0) is 40.8 Å². The molecule has 56 heavy (non-hydrogen) atoms. The molecule has 2 aliphatic rings. The molecule has 0 saturated heterocycles. The van der Waals surface area contributed by atoms with Crippen LogP contribution >= 0.6 is 11.6 Å². The molecule has 3 aromatic carbocycles. The summed E-state index contributed by atoms with van der Waals surface area (Å²) in [4.78, 5) is 18.7. The fraction of sp³-hybridized carbons (Fsp3) is 0.263. The summed E-state index contributed by atoms with van der Waals surface area (Å²) in [7, 11) is -2.25. The topological polar surface area (TPSA) is 124 Å². The molecule has 3 heterocycles. The number of halogens is 7. The zero-order chi connectivity index (χ0) is 39.8. The van der Waals surface area contributed by atoms with Gasteiger partial charge >= 0.3 is 0 Å². The number of aryl methyl sites for hydroxylation is 1. The van der Waals surface area contributed by atoms with Crippen LogP contribution in [0.1, 0.15) is 53.0 Å². The molecule has 3 aromatic heterocycles. The zero-order valence-electron chi connectivity index (χ0n) is 29.4.